The number of hydrogen-bond donors (Lipinski definition) is 2. The monoisotopic (exact) mass is 363 g/mol. The summed E-state index contributed by atoms with van der Waals surface area (Å²) in [6, 6.07) is 3.97. The van der Waals surface area contributed by atoms with Crippen molar-refractivity contribution < 1.29 is 19.2 Å². The molecule has 0 radical (unpaired) electrons. The molecule has 1 saturated carbocycles. The molecule has 1 amide bonds. The van der Waals surface area contributed by atoms with E-state index in [0.717, 1.165) is 17.7 Å². The smallest absolute Gasteiger partial charge is 0.306 e. The summed E-state index contributed by atoms with van der Waals surface area (Å²) in [7, 11) is 0. The van der Waals surface area contributed by atoms with E-state index in [1.54, 1.807) is 11.3 Å². The Morgan fingerprint density at radius 3 is 2.80 bits per heavy atom. The molecule has 0 saturated heterocycles. The van der Waals surface area contributed by atoms with Crippen LogP contribution in [0.1, 0.15) is 44.4 Å². The summed E-state index contributed by atoms with van der Waals surface area (Å²) in [5.41, 5.74) is 0. The first-order valence-electron chi connectivity index (χ1n) is 8.50. The van der Waals surface area contributed by atoms with Gasteiger partial charge in [-0.2, -0.15) is 4.98 Å². The van der Waals surface area contributed by atoms with Gasteiger partial charge < -0.3 is 14.9 Å². The van der Waals surface area contributed by atoms with E-state index in [0.29, 0.717) is 43.8 Å². The van der Waals surface area contributed by atoms with Crippen LogP contribution in [0.25, 0.3) is 10.7 Å². The van der Waals surface area contributed by atoms with Gasteiger partial charge in [0.25, 0.3) is 0 Å². The molecule has 2 aromatic heterocycles. The molecule has 0 bridgehead atoms. The minimum atomic E-state index is -0.730. The molecule has 0 aliphatic heterocycles. The normalized spacial score (nSPS) is 20.3. The van der Waals surface area contributed by atoms with Crippen molar-refractivity contribution >= 4 is 23.2 Å². The highest BCUT2D eigenvalue weighted by Gasteiger charge is 2.26. The molecule has 0 spiro atoms. The number of thiophene rings is 1. The van der Waals surface area contributed by atoms with Crippen LogP contribution in [0, 0.1) is 5.92 Å². The van der Waals surface area contributed by atoms with Gasteiger partial charge in [0.05, 0.1) is 10.8 Å². The van der Waals surface area contributed by atoms with E-state index in [1.165, 1.54) is 0 Å². The Bertz CT molecular complexity index is 705. The molecule has 1 aliphatic carbocycles. The van der Waals surface area contributed by atoms with Crippen LogP contribution in [0.4, 0.5) is 0 Å². The fraction of sp³-hybridized carbons (Fsp3) is 0.529. The number of nitrogens with one attached hydrogen (secondary N) is 1. The third kappa shape index (κ3) is 4.88. The molecular formula is C17H21N3O4S. The molecule has 2 N–H and O–H groups in total. The highest BCUT2D eigenvalue weighted by Crippen LogP contribution is 2.24. The molecule has 8 heteroatoms. The molecule has 1 aliphatic rings. The molecular weight excluding hydrogens is 342 g/mol. The van der Waals surface area contributed by atoms with E-state index >= 15 is 0 Å². The lowest BCUT2D eigenvalue weighted by atomic mass is 9.86. The number of carbonyl (C=O) groups is 2. The highest BCUT2D eigenvalue weighted by atomic mass is 32.1. The van der Waals surface area contributed by atoms with Gasteiger partial charge in [-0.1, -0.05) is 11.2 Å². The topological polar surface area (TPSA) is 105 Å². The quantitative estimate of drug-likeness (QED) is 0.783. The molecule has 25 heavy (non-hydrogen) atoms. The number of nitrogens with zero attached hydrogens (tertiary/aromatic N) is 2. The second-order valence-corrected chi connectivity index (χ2v) is 7.24. The van der Waals surface area contributed by atoms with Crippen molar-refractivity contribution in [2.24, 2.45) is 5.92 Å². The van der Waals surface area contributed by atoms with Gasteiger partial charge >= 0.3 is 5.97 Å². The van der Waals surface area contributed by atoms with Crippen molar-refractivity contribution in [2.45, 2.75) is 51.0 Å². The lowest BCUT2D eigenvalue weighted by Gasteiger charge is -2.26. The summed E-state index contributed by atoms with van der Waals surface area (Å²) in [5.74, 6) is 0.133. The number of aromatic nitrogens is 2. The van der Waals surface area contributed by atoms with Crippen molar-refractivity contribution in [1.82, 2.24) is 15.5 Å². The number of aryl methyl sites for hydroxylation is 1. The fourth-order valence-electron chi connectivity index (χ4n) is 3.05. The van der Waals surface area contributed by atoms with Crippen molar-refractivity contribution in [1.29, 1.82) is 0 Å². The van der Waals surface area contributed by atoms with Gasteiger partial charge in [0.1, 0.15) is 0 Å². The minimum absolute atomic E-state index is 0.00299. The Labute approximate surface area is 149 Å². The zero-order valence-electron chi connectivity index (χ0n) is 13.8. The van der Waals surface area contributed by atoms with E-state index in [-0.39, 0.29) is 17.9 Å². The van der Waals surface area contributed by atoms with Gasteiger partial charge in [-0.3, -0.25) is 9.59 Å². The Kier molecular flexibility index (Phi) is 5.80. The summed E-state index contributed by atoms with van der Waals surface area (Å²) < 4.78 is 5.21. The van der Waals surface area contributed by atoms with Crippen LogP contribution < -0.4 is 5.32 Å². The molecule has 3 rings (SSSR count). The molecule has 2 aromatic rings. The summed E-state index contributed by atoms with van der Waals surface area (Å²) in [4.78, 5) is 28.2. The van der Waals surface area contributed by atoms with E-state index in [1.807, 2.05) is 17.5 Å². The van der Waals surface area contributed by atoms with Crippen molar-refractivity contribution in [3.8, 4) is 10.7 Å². The summed E-state index contributed by atoms with van der Waals surface area (Å²) in [6.07, 6.45) is 4.34. The Morgan fingerprint density at radius 1 is 1.32 bits per heavy atom. The number of hydrogen-bond acceptors (Lipinski definition) is 6. The molecule has 134 valence electrons. The fourth-order valence-corrected chi connectivity index (χ4v) is 3.70. The maximum atomic E-state index is 12.0. The lowest BCUT2D eigenvalue weighted by molar-refractivity contribution is -0.142. The summed E-state index contributed by atoms with van der Waals surface area (Å²) in [6.45, 7) is 0. The van der Waals surface area contributed by atoms with Gasteiger partial charge in [-0.15, -0.1) is 11.3 Å². The van der Waals surface area contributed by atoms with Crippen LogP contribution >= 0.6 is 11.3 Å². The third-order valence-corrected chi connectivity index (χ3v) is 5.31. The van der Waals surface area contributed by atoms with Crippen molar-refractivity contribution in [3.63, 3.8) is 0 Å². The van der Waals surface area contributed by atoms with Crippen molar-refractivity contribution in [3.05, 3.63) is 23.4 Å². The van der Waals surface area contributed by atoms with Gasteiger partial charge in [0, 0.05) is 18.9 Å². The molecule has 7 nitrogen and oxygen atoms in total. The van der Waals surface area contributed by atoms with Crippen LogP contribution in [0.3, 0.4) is 0 Å². The van der Waals surface area contributed by atoms with E-state index < -0.39 is 5.97 Å². The number of rotatable bonds is 7. The van der Waals surface area contributed by atoms with Gasteiger partial charge in [-0.25, -0.2) is 0 Å². The number of carbonyl (C=O) groups excluding carboxylic acids is 1. The number of aliphatic carboxylic acids is 1. The first-order chi connectivity index (χ1) is 12.1. The molecule has 1 fully saturated rings. The highest BCUT2D eigenvalue weighted by molar-refractivity contribution is 7.13. The van der Waals surface area contributed by atoms with Crippen LogP contribution in [0.15, 0.2) is 22.0 Å². The standard InChI is InChI=1S/C17H21N3O4S/c21-14(18-12-8-6-11(7-9-12)17(22)23)4-1-5-15-19-16(20-24-15)13-3-2-10-25-13/h2-3,10-12H,1,4-9H2,(H,18,21)(H,22,23). The second kappa shape index (κ2) is 8.24. The van der Waals surface area contributed by atoms with Gasteiger partial charge in [0.2, 0.25) is 17.6 Å². The maximum Gasteiger partial charge on any atom is 0.306 e. The van der Waals surface area contributed by atoms with E-state index in [9.17, 15) is 9.59 Å². The minimum Gasteiger partial charge on any atom is -0.481 e. The largest absolute Gasteiger partial charge is 0.481 e. The number of amides is 1. The molecule has 0 atom stereocenters. The summed E-state index contributed by atoms with van der Waals surface area (Å²) in [5, 5.41) is 17.9. The number of carboxylic acid groups (broad SMARTS) is 1. The lowest BCUT2D eigenvalue weighted by Crippen LogP contribution is -2.38. The van der Waals surface area contributed by atoms with E-state index in [2.05, 4.69) is 15.5 Å². The Morgan fingerprint density at radius 2 is 2.12 bits per heavy atom. The predicted molar refractivity (Wildman–Crippen MR) is 92.1 cm³/mol. The SMILES string of the molecule is O=C(CCCc1nc(-c2cccs2)no1)NC1CCC(C(=O)O)CC1. The molecule has 0 aromatic carbocycles. The molecule has 0 unspecified atom stereocenters. The predicted octanol–water partition coefficient (Wildman–Crippen LogP) is 2.88. The van der Waals surface area contributed by atoms with Crippen LogP contribution in [-0.4, -0.2) is 33.2 Å². The van der Waals surface area contributed by atoms with Gasteiger partial charge in [-0.05, 0) is 43.6 Å². The van der Waals surface area contributed by atoms with Crippen LogP contribution in [0.5, 0.6) is 0 Å². The Balaban J connectivity index is 1.36. The van der Waals surface area contributed by atoms with E-state index in [4.69, 9.17) is 9.63 Å². The average Bonchev–Trinajstić information content (AvgIpc) is 3.26. The summed E-state index contributed by atoms with van der Waals surface area (Å²) >= 11 is 1.55. The van der Waals surface area contributed by atoms with Crippen LogP contribution in [0.2, 0.25) is 0 Å². The first-order valence-corrected chi connectivity index (χ1v) is 9.38. The third-order valence-electron chi connectivity index (χ3n) is 4.45. The average molecular weight is 363 g/mol. The zero-order valence-corrected chi connectivity index (χ0v) is 14.6. The van der Waals surface area contributed by atoms with Gasteiger partial charge in [0.15, 0.2) is 0 Å². The maximum absolute atomic E-state index is 12.0. The zero-order chi connectivity index (χ0) is 17.6. The Hall–Kier alpha value is -2.22. The molecule has 2 heterocycles. The van der Waals surface area contributed by atoms with Crippen molar-refractivity contribution in [2.75, 3.05) is 0 Å². The van der Waals surface area contributed by atoms with Crippen LogP contribution in [-0.2, 0) is 16.0 Å². The number of carboxylic acids is 1. The second-order valence-electron chi connectivity index (χ2n) is 6.30. The first kappa shape index (κ1) is 17.6.